The van der Waals surface area contributed by atoms with Crippen molar-refractivity contribution < 1.29 is 4.79 Å². The predicted octanol–water partition coefficient (Wildman–Crippen LogP) is 0.446. The summed E-state index contributed by atoms with van der Waals surface area (Å²) in [6, 6.07) is 0. The van der Waals surface area contributed by atoms with E-state index in [1.807, 2.05) is 11.8 Å². The average Bonchev–Trinajstić information content (AvgIpc) is 2.26. The minimum atomic E-state index is 0.250. The van der Waals surface area contributed by atoms with Crippen LogP contribution in [0, 0.1) is 0 Å². The Morgan fingerprint density at radius 2 is 1.94 bits per heavy atom. The van der Waals surface area contributed by atoms with Gasteiger partial charge in [0.05, 0.1) is 0 Å². The zero-order valence-electron chi connectivity index (χ0n) is 10.2. The fraction of sp³-hybridized carbons (Fsp3) is 0.750. The maximum atomic E-state index is 11.7. The molecule has 92 valence electrons. The van der Waals surface area contributed by atoms with E-state index in [0.29, 0.717) is 13.0 Å². The van der Waals surface area contributed by atoms with Gasteiger partial charge in [0.25, 0.3) is 0 Å². The molecule has 1 saturated heterocycles. The van der Waals surface area contributed by atoms with Gasteiger partial charge in [0.2, 0.25) is 5.91 Å². The zero-order valence-corrected chi connectivity index (χ0v) is 10.2. The summed E-state index contributed by atoms with van der Waals surface area (Å²) in [7, 11) is 0. The molecule has 1 aliphatic rings. The lowest BCUT2D eigenvalue weighted by molar-refractivity contribution is -0.132. The first kappa shape index (κ1) is 13.2. The van der Waals surface area contributed by atoms with E-state index in [0.717, 1.165) is 39.1 Å². The van der Waals surface area contributed by atoms with E-state index in [-0.39, 0.29) is 5.91 Å². The molecule has 0 aromatic rings. The summed E-state index contributed by atoms with van der Waals surface area (Å²) < 4.78 is 0. The van der Waals surface area contributed by atoms with Crippen LogP contribution in [-0.4, -0.2) is 55.0 Å². The molecular weight excluding hydrogens is 202 g/mol. The Hall–Kier alpha value is -0.870. The number of amides is 1. The van der Waals surface area contributed by atoms with Gasteiger partial charge in [-0.25, -0.2) is 0 Å². The van der Waals surface area contributed by atoms with Gasteiger partial charge in [-0.2, -0.15) is 0 Å². The Kier molecular flexibility index (Phi) is 5.49. The summed E-state index contributed by atoms with van der Waals surface area (Å²) in [5, 5.41) is 0. The van der Waals surface area contributed by atoms with E-state index in [1.54, 1.807) is 0 Å². The highest BCUT2D eigenvalue weighted by Crippen LogP contribution is 2.06. The number of piperazine rings is 1. The monoisotopic (exact) mass is 225 g/mol. The van der Waals surface area contributed by atoms with Crippen LogP contribution in [0.15, 0.2) is 12.2 Å². The van der Waals surface area contributed by atoms with Crippen LogP contribution in [0.25, 0.3) is 0 Å². The molecule has 4 nitrogen and oxygen atoms in total. The van der Waals surface area contributed by atoms with Crippen LogP contribution in [-0.2, 0) is 4.79 Å². The first-order valence-corrected chi connectivity index (χ1v) is 5.98. The van der Waals surface area contributed by atoms with Crippen LogP contribution in [0.4, 0.5) is 0 Å². The van der Waals surface area contributed by atoms with E-state index in [4.69, 9.17) is 5.73 Å². The highest BCUT2D eigenvalue weighted by Gasteiger charge is 2.20. The fourth-order valence-electron chi connectivity index (χ4n) is 1.95. The third-order valence-electron chi connectivity index (χ3n) is 2.81. The van der Waals surface area contributed by atoms with Crippen molar-refractivity contribution in [3.05, 3.63) is 12.2 Å². The van der Waals surface area contributed by atoms with E-state index in [9.17, 15) is 4.79 Å². The van der Waals surface area contributed by atoms with Crippen LogP contribution in [0.3, 0.4) is 0 Å². The van der Waals surface area contributed by atoms with Gasteiger partial charge in [0, 0.05) is 39.1 Å². The number of hydrogen-bond donors (Lipinski definition) is 1. The van der Waals surface area contributed by atoms with Gasteiger partial charge in [-0.05, 0) is 19.9 Å². The van der Waals surface area contributed by atoms with Crippen molar-refractivity contribution in [3.8, 4) is 0 Å². The summed E-state index contributed by atoms with van der Waals surface area (Å²) >= 11 is 0. The highest BCUT2D eigenvalue weighted by atomic mass is 16.2. The lowest BCUT2D eigenvalue weighted by Gasteiger charge is -2.34. The lowest BCUT2D eigenvalue weighted by Crippen LogP contribution is -2.48. The predicted molar refractivity (Wildman–Crippen MR) is 66.1 cm³/mol. The summed E-state index contributed by atoms with van der Waals surface area (Å²) in [4.78, 5) is 16.0. The van der Waals surface area contributed by atoms with Crippen molar-refractivity contribution in [1.82, 2.24) is 9.80 Å². The summed E-state index contributed by atoms with van der Waals surface area (Å²) in [6.07, 6.45) is 1.39. The van der Waals surface area contributed by atoms with Crippen LogP contribution in [0.2, 0.25) is 0 Å². The maximum Gasteiger partial charge on any atom is 0.222 e. The largest absolute Gasteiger partial charge is 0.340 e. The Morgan fingerprint density at radius 3 is 2.44 bits per heavy atom. The van der Waals surface area contributed by atoms with Gasteiger partial charge in [-0.15, -0.1) is 0 Å². The Labute approximate surface area is 98.1 Å². The van der Waals surface area contributed by atoms with Crippen molar-refractivity contribution >= 4 is 5.91 Å². The standard InChI is InChI=1S/C12H23N3O/c1-11(2)10-14-6-8-15(9-7-14)12(16)4-3-5-13/h1,3-10,13H2,2H3. The maximum absolute atomic E-state index is 11.7. The van der Waals surface area contributed by atoms with Gasteiger partial charge < -0.3 is 10.6 Å². The molecule has 1 heterocycles. The van der Waals surface area contributed by atoms with E-state index in [2.05, 4.69) is 11.5 Å². The van der Waals surface area contributed by atoms with E-state index in [1.165, 1.54) is 5.57 Å². The second kappa shape index (κ2) is 6.66. The molecule has 0 aromatic carbocycles. The van der Waals surface area contributed by atoms with Crippen molar-refractivity contribution in [2.45, 2.75) is 19.8 Å². The number of nitrogens with zero attached hydrogens (tertiary/aromatic N) is 2. The van der Waals surface area contributed by atoms with Crippen LogP contribution in [0.1, 0.15) is 19.8 Å². The third-order valence-corrected chi connectivity index (χ3v) is 2.81. The fourth-order valence-corrected chi connectivity index (χ4v) is 1.95. The average molecular weight is 225 g/mol. The second-order valence-electron chi connectivity index (χ2n) is 4.51. The first-order valence-electron chi connectivity index (χ1n) is 5.98. The number of carbonyl (C=O) groups excluding carboxylic acids is 1. The van der Waals surface area contributed by atoms with Gasteiger partial charge in [0.1, 0.15) is 0 Å². The van der Waals surface area contributed by atoms with Crippen LogP contribution >= 0.6 is 0 Å². The van der Waals surface area contributed by atoms with Crippen molar-refractivity contribution in [3.63, 3.8) is 0 Å². The normalized spacial score (nSPS) is 17.5. The van der Waals surface area contributed by atoms with Gasteiger partial charge in [-0.1, -0.05) is 12.2 Å². The smallest absolute Gasteiger partial charge is 0.222 e. The molecule has 0 aromatic heterocycles. The molecule has 0 atom stereocenters. The molecular formula is C12H23N3O. The minimum absolute atomic E-state index is 0.250. The molecule has 0 bridgehead atoms. The molecule has 0 radical (unpaired) electrons. The highest BCUT2D eigenvalue weighted by molar-refractivity contribution is 5.76. The molecule has 0 spiro atoms. The Morgan fingerprint density at radius 1 is 1.31 bits per heavy atom. The molecule has 1 fully saturated rings. The number of rotatable bonds is 5. The summed E-state index contributed by atoms with van der Waals surface area (Å²) in [5.74, 6) is 0.250. The molecule has 4 heteroatoms. The third kappa shape index (κ3) is 4.33. The number of nitrogens with two attached hydrogens (primary N) is 1. The Balaban J connectivity index is 2.25. The van der Waals surface area contributed by atoms with Gasteiger partial charge >= 0.3 is 0 Å². The molecule has 0 aliphatic carbocycles. The Bertz CT molecular complexity index is 245. The molecule has 1 aliphatic heterocycles. The SMILES string of the molecule is C=C(C)CN1CCN(C(=O)CCCN)CC1. The second-order valence-corrected chi connectivity index (χ2v) is 4.51. The minimum Gasteiger partial charge on any atom is -0.340 e. The quantitative estimate of drug-likeness (QED) is 0.691. The van der Waals surface area contributed by atoms with E-state index >= 15 is 0 Å². The lowest BCUT2D eigenvalue weighted by atomic mass is 10.2. The van der Waals surface area contributed by atoms with E-state index < -0.39 is 0 Å². The summed E-state index contributed by atoms with van der Waals surface area (Å²) in [6.45, 7) is 11.1. The molecule has 0 unspecified atom stereocenters. The van der Waals surface area contributed by atoms with Gasteiger partial charge in [-0.3, -0.25) is 9.69 Å². The first-order chi connectivity index (χ1) is 7.63. The van der Waals surface area contributed by atoms with Crippen molar-refractivity contribution in [1.29, 1.82) is 0 Å². The van der Waals surface area contributed by atoms with Crippen molar-refractivity contribution in [2.24, 2.45) is 5.73 Å². The zero-order chi connectivity index (χ0) is 12.0. The number of carbonyl (C=O) groups is 1. The van der Waals surface area contributed by atoms with Gasteiger partial charge in [0.15, 0.2) is 0 Å². The molecule has 2 N–H and O–H groups in total. The topological polar surface area (TPSA) is 49.6 Å². The number of hydrogen-bond acceptors (Lipinski definition) is 3. The molecule has 1 rings (SSSR count). The summed E-state index contributed by atoms with van der Waals surface area (Å²) in [5.41, 5.74) is 6.58. The molecule has 1 amide bonds. The van der Waals surface area contributed by atoms with Crippen molar-refractivity contribution in [2.75, 3.05) is 39.3 Å². The van der Waals surface area contributed by atoms with Crippen LogP contribution < -0.4 is 5.73 Å². The molecule has 0 saturated carbocycles. The molecule has 16 heavy (non-hydrogen) atoms. The van der Waals surface area contributed by atoms with Crippen LogP contribution in [0.5, 0.6) is 0 Å².